The van der Waals surface area contributed by atoms with Crippen LogP contribution in [0.5, 0.6) is 0 Å². The molecular formula is C60H72N8O6. The zero-order valence-corrected chi connectivity index (χ0v) is 43.8. The molecule has 2 aliphatic heterocycles. The molecule has 74 heavy (non-hydrogen) atoms. The Morgan fingerprint density at radius 1 is 0.554 bits per heavy atom. The van der Waals surface area contributed by atoms with Crippen molar-refractivity contribution in [2.75, 3.05) is 14.2 Å². The van der Waals surface area contributed by atoms with Gasteiger partial charge in [0, 0.05) is 12.1 Å². The lowest BCUT2D eigenvalue weighted by atomic mass is 9.84. The number of hydrogen-bond donors (Lipinski definition) is 4. The van der Waals surface area contributed by atoms with E-state index in [4.69, 9.17) is 19.4 Å². The fourth-order valence-electron chi connectivity index (χ4n) is 13.6. The summed E-state index contributed by atoms with van der Waals surface area (Å²) in [6, 6.07) is 25.5. The third-order valence-electron chi connectivity index (χ3n) is 17.4. The van der Waals surface area contributed by atoms with Gasteiger partial charge in [-0.3, -0.25) is 9.59 Å². The first-order valence-corrected chi connectivity index (χ1v) is 27.4. The number of aryl methyl sites for hydroxylation is 4. The molecule has 0 unspecified atom stereocenters. The number of imidazole rings is 2. The Morgan fingerprint density at radius 3 is 1.54 bits per heavy atom. The van der Waals surface area contributed by atoms with Crippen LogP contribution in [0.15, 0.2) is 72.8 Å². The molecule has 6 aliphatic carbocycles. The van der Waals surface area contributed by atoms with Gasteiger partial charge in [-0.1, -0.05) is 102 Å². The summed E-state index contributed by atoms with van der Waals surface area (Å²) < 4.78 is 9.87. The predicted octanol–water partition coefficient (Wildman–Crippen LogP) is 11.1. The molecule has 388 valence electrons. The lowest BCUT2D eigenvalue weighted by Gasteiger charge is -2.36. The molecule has 4 aromatic carbocycles. The molecule has 6 aromatic rings. The van der Waals surface area contributed by atoms with E-state index in [1.807, 2.05) is 27.7 Å². The van der Waals surface area contributed by atoms with Crippen LogP contribution >= 0.6 is 0 Å². The maximum absolute atomic E-state index is 14.5. The summed E-state index contributed by atoms with van der Waals surface area (Å²) in [7, 11) is 2.66. The molecule has 14 rings (SSSR count). The number of nitrogens with zero attached hydrogens (tertiary/aromatic N) is 4. The van der Waals surface area contributed by atoms with Gasteiger partial charge >= 0.3 is 12.2 Å². The van der Waals surface area contributed by atoms with Gasteiger partial charge in [-0.15, -0.1) is 0 Å². The van der Waals surface area contributed by atoms with E-state index in [9.17, 15) is 19.2 Å². The molecule has 4 heterocycles. The van der Waals surface area contributed by atoms with Crippen molar-refractivity contribution >= 4 is 46.1 Å². The van der Waals surface area contributed by atoms with E-state index in [0.29, 0.717) is 11.8 Å². The number of carbonyl (C=O) groups is 4. The number of aromatic amines is 2. The molecule has 2 saturated heterocycles. The van der Waals surface area contributed by atoms with Crippen molar-refractivity contribution in [1.82, 2.24) is 40.4 Å². The van der Waals surface area contributed by atoms with E-state index in [2.05, 4.69) is 103 Å². The van der Waals surface area contributed by atoms with Gasteiger partial charge in [0.05, 0.1) is 48.4 Å². The van der Waals surface area contributed by atoms with Crippen LogP contribution in [0.2, 0.25) is 0 Å². The zero-order chi connectivity index (χ0) is 51.4. The molecule has 4 bridgehead atoms. The summed E-state index contributed by atoms with van der Waals surface area (Å²) in [4.78, 5) is 75.7. The Bertz CT molecular complexity index is 2900. The molecule has 14 heteroatoms. The average molecular weight is 1000 g/mol. The molecule has 4 fully saturated rings. The maximum atomic E-state index is 14.5. The SMILES string of the molecule is COC(=O)N[C@H](C(=O)N1[C@H](c2nc3cc(-c4cc5ccc4CCc4ccc(c(-c6ccc7nc([C@@H]8C[C@@H]9CCCC[C@@H]9N8C(=O)[C@@H](NC(=O)OC)C(C)C)[nH]c7c6)c4)CC5)ccc3[nH]2)C[C@@H]2CCCC[C@@H]21)C(C)C. The third kappa shape index (κ3) is 9.42. The molecule has 0 radical (unpaired) electrons. The van der Waals surface area contributed by atoms with Gasteiger partial charge in [-0.25, -0.2) is 19.6 Å². The standard InChI is InChI=1S/C60H72N8O6/c1-33(2)53(65-59(71)73-5)57(69)67-49-13-9-7-11-41(49)31-51(67)55-61-45-25-23-39(29-47(45)63-55)43-27-35-15-19-37(43)21-17-36-16-20-38(22-18-35)44(28-36)40-24-26-46-48(30-40)64-56(62-46)52-32-42-12-8-10-14-50(42)68(52)58(70)54(34(3)4)66-60(72)74-6/h15-16,19-20,23-30,33-34,41-42,49-54H,7-14,17-18,21-22,31-32H2,1-6H3,(H,61,63)(H,62,64)(H,65,71)(H,66,72)/t41-,42-,49-,50-,51-,52-,53-,54-/m0/s1. The smallest absolute Gasteiger partial charge is 0.407 e. The number of rotatable bonds is 10. The van der Waals surface area contributed by atoms with Crippen LogP contribution in [0.4, 0.5) is 9.59 Å². The largest absolute Gasteiger partial charge is 0.453 e. The summed E-state index contributed by atoms with van der Waals surface area (Å²) >= 11 is 0. The van der Waals surface area contributed by atoms with Crippen molar-refractivity contribution in [2.24, 2.45) is 23.7 Å². The normalized spacial score (nSPS) is 23.4. The van der Waals surface area contributed by atoms with Crippen LogP contribution < -0.4 is 10.6 Å². The molecule has 2 saturated carbocycles. The zero-order valence-electron chi connectivity index (χ0n) is 43.8. The van der Waals surface area contributed by atoms with E-state index < -0.39 is 24.3 Å². The van der Waals surface area contributed by atoms with Crippen LogP contribution in [0, 0.1) is 23.7 Å². The Hall–Kier alpha value is -6.70. The van der Waals surface area contributed by atoms with Gasteiger partial charge in [-0.2, -0.15) is 0 Å². The minimum atomic E-state index is -0.695. The molecule has 8 atom stereocenters. The van der Waals surface area contributed by atoms with E-state index in [-0.39, 0.29) is 47.8 Å². The number of likely N-dealkylation sites (tertiary alicyclic amines) is 2. The number of aromatic nitrogens is 4. The van der Waals surface area contributed by atoms with Crippen molar-refractivity contribution in [2.45, 2.75) is 154 Å². The second kappa shape index (κ2) is 20.5. The minimum Gasteiger partial charge on any atom is -0.453 e. The number of benzene rings is 4. The molecule has 0 spiro atoms. The molecule has 4 amide bonds. The van der Waals surface area contributed by atoms with Crippen molar-refractivity contribution in [3.8, 4) is 22.3 Å². The summed E-state index contributed by atoms with van der Waals surface area (Å²) in [6.07, 6.45) is 12.6. The van der Waals surface area contributed by atoms with Gasteiger partial charge in [0.15, 0.2) is 0 Å². The number of H-pyrrole nitrogens is 2. The van der Waals surface area contributed by atoms with E-state index in [1.165, 1.54) is 47.6 Å². The summed E-state index contributed by atoms with van der Waals surface area (Å²) in [5.41, 5.74) is 13.5. The number of nitrogens with one attached hydrogen (secondary N) is 4. The highest BCUT2D eigenvalue weighted by Gasteiger charge is 2.50. The van der Waals surface area contributed by atoms with Crippen LogP contribution in [0.25, 0.3) is 44.3 Å². The van der Waals surface area contributed by atoms with Crippen molar-refractivity contribution < 1.29 is 28.7 Å². The van der Waals surface area contributed by atoms with Gasteiger partial charge in [0.1, 0.15) is 23.7 Å². The average Bonchev–Trinajstić information content (AvgIpc) is 4.21. The number of alkyl carbamates (subject to hydrolysis) is 2. The third-order valence-corrected chi connectivity index (χ3v) is 17.4. The number of carbonyl (C=O) groups excluding carboxylic acids is 4. The minimum absolute atomic E-state index is 0.0671. The first kappa shape index (κ1) is 49.5. The number of ether oxygens (including phenoxy) is 2. The predicted molar refractivity (Wildman–Crippen MR) is 286 cm³/mol. The molecule has 14 nitrogen and oxygen atoms in total. The molecule has 2 aromatic heterocycles. The summed E-state index contributed by atoms with van der Waals surface area (Å²) in [5, 5.41) is 5.68. The topological polar surface area (TPSA) is 175 Å². The highest BCUT2D eigenvalue weighted by Crippen LogP contribution is 2.48. The quantitative estimate of drug-likeness (QED) is 0.105. The van der Waals surface area contributed by atoms with E-state index >= 15 is 0 Å². The van der Waals surface area contributed by atoms with Gasteiger partial charge < -0.3 is 39.9 Å². The van der Waals surface area contributed by atoms with Crippen molar-refractivity contribution in [3.05, 3.63) is 107 Å². The number of methoxy groups -OCH3 is 2. The number of amides is 4. The number of hydrogen-bond acceptors (Lipinski definition) is 8. The van der Waals surface area contributed by atoms with E-state index in [0.717, 1.165) is 135 Å². The van der Waals surface area contributed by atoms with Gasteiger partial charge in [0.2, 0.25) is 11.8 Å². The summed E-state index contributed by atoms with van der Waals surface area (Å²) in [5.74, 6) is 2.04. The fraction of sp³-hybridized carbons (Fsp3) is 0.500. The van der Waals surface area contributed by atoms with E-state index in [1.54, 1.807) is 0 Å². The molecular weight excluding hydrogens is 929 g/mol. The Balaban J connectivity index is 0.849. The lowest BCUT2D eigenvalue weighted by molar-refractivity contribution is -0.139. The second-order valence-corrected chi connectivity index (χ2v) is 22.6. The monoisotopic (exact) mass is 1000 g/mol. The van der Waals surface area contributed by atoms with Crippen LogP contribution in [-0.4, -0.2) is 92.1 Å². The van der Waals surface area contributed by atoms with Gasteiger partial charge in [-0.05, 0) is 157 Å². The Morgan fingerprint density at radius 2 is 1.03 bits per heavy atom. The highest BCUT2D eigenvalue weighted by atomic mass is 16.5. The summed E-state index contributed by atoms with van der Waals surface area (Å²) in [6.45, 7) is 7.85. The Kier molecular flexibility index (Phi) is 13.7. The molecule has 4 N–H and O–H groups in total. The lowest BCUT2D eigenvalue weighted by Crippen LogP contribution is -2.53. The Labute approximate surface area is 434 Å². The molecule has 8 aliphatic rings. The van der Waals surface area contributed by atoms with Crippen molar-refractivity contribution in [3.63, 3.8) is 0 Å². The first-order chi connectivity index (χ1) is 35.8. The van der Waals surface area contributed by atoms with Crippen LogP contribution in [0.1, 0.15) is 138 Å². The second-order valence-electron chi connectivity index (χ2n) is 22.6. The first-order valence-electron chi connectivity index (χ1n) is 27.4. The highest BCUT2D eigenvalue weighted by molar-refractivity contribution is 5.89. The van der Waals surface area contributed by atoms with Gasteiger partial charge in [0.25, 0.3) is 0 Å². The maximum Gasteiger partial charge on any atom is 0.407 e. The number of fused-ring (bicyclic) bond motifs is 4. The fourth-order valence-corrected chi connectivity index (χ4v) is 13.6. The van der Waals surface area contributed by atoms with Crippen molar-refractivity contribution in [1.29, 1.82) is 0 Å². The van der Waals surface area contributed by atoms with Crippen LogP contribution in [0.3, 0.4) is 0 Å². The van der Waals surface area contributed by atoms with Crippen LogP contribution in [-0.2, 0) is 44.7 Å².